The molecule has 0 bridgehead atoms. The van der Waals surface area contributed by atoms with E-state index in [-0.39, 0.29) is 30.0 Å². The third kappa shape index (κ3) is 10.8. The molecule has 3 atom stereocenters. The summed E-state index contributed by atoms with van der Waals surface area (Å²) in [4.78, 5) is 17.0. The van der Waals surface area contributed by atoms with Crippen LogP contribution in [-0.2, 0) is 19.0 Å². The minimum absolute atomic E-state index is 0.0434. The zero-order chi connectivity index (χ0) is 21.4. The van der Waals surface area contributed by atoms with Crippen LogP contribution in [0, 0.1) is 11.8 Å². The van der Waals surface area contributed by atoms with Crippen LogP contribution in [0.1, 0.15) is 52.4 Å². The van der Waals surface area contributed by atoms with Crippen LogP contribution in [0.5, 0.6) is 0 Å². The van der Waals surface area contributed by atoms with Crippen molar-refractivity contribution in [3.63, 3.8) is 0 Å². The summed E-state index contributed by atoms with van der Waals surface area (Å²) in [6, 6.07) is 10.1. The summed E-state index contributed by atoms with van der Waals surface area (Å²) in [5, 5.41) is 0.148. The standard InChI is InChI=1S/C24H33NO4S/c1-3-27-23(26)19-20(2)25-16-9-13-22(30-21-11-5-4-6-12-21)14-10-18-29-24-15-7-8-17-28-24/h4-6,11-12,16,20,22,24H,3,7-8,10,14-15,17-19H2,1-2H3. The molecule has 1 aromatic carbocycles. The van der Waals surface area contributed by atoms with Gasteiger partial charge >= 0.3 is 5.97 Å². The lowest BCUT2D eigenvalue weighted by molar-refractivity contribution is -0.162. The Morgan fingerprint density at radius 2 is 2.20 bits per heavy atom. The van der Waals surface area contributed by atoms with Crippen LogP contribution in [0.25, 0.3) is 0 Å². The largest absolute Gasteiger partial charge is 0.466 e. The second-order valence-corrected chi connectivity index (χ2v) is 8.43. The Balaban J connectivity index is 1.82. The van der Waals surface area contributed by atoms with Gasteiger partial charge in [0.2, 0.25) is 0 Å². The van der Waals surface area contributed by atoms with E-state index >= 15 is 0 Å². The van der Waals surface area contributed by atoms with Crippen LogP contribution in [0.3, 0.4) is 0 Å². The van der Waals surface area contributed by atoms with Gasteiger partial charge in [-0.25, -0.2) is 0 Å². The number of carbonyl (C=O) groups is 1. The van der Waals surface area contributed by atoms with Gasteiger partial charge in [-0.15, -0.1) is 11.8 Å². The number of rotatable bonds is 11. The van der Waals surface area contributed by atoms with Crippen molar-refractivity contribution in [1.82, 2.24) is 0 Å². The summed E-state index contributed by atoms with van der Waals surface area (Å²) in [6.07, 6.45) is 6.98. The number of esters is 1. The highest BCUT2D eigenvalue weighted by molar-refractivity contribution is 8.00. The highest BCUT2D eigenvalue weighted by atomic mass is 32.2. The van der Waals surface area contributed by atoms with Crippen molar-refractivity contribution in [3.8, 4) is 11.8 Å². The highest BCUT2D eigenvalue weighted by Gasteiger charge is 2.14. The molecule has 1 heterocycles. The van der Waals surface area contributed by atoms with E-state index in [1.54, 1.807) is 24.9 Å². The molecule has 6 heteroatoms. The van der Waals surface area contributed by atoms with Crippen molar-refractivity contribution in [2.24, 2.45) is 4.99 Å². The van der Waals surface area contributed by atoms with E-state index in [1.807, 2.05) is 25.1 Å². The Labute approximate surface area is 185 Å². The van der Waals surface area contributed by atoms with E-state index in [0.717, 1.165) is 32.3 Å². The smallest absolute Gasteiger partial charge is 0.307 e. The average molecular weight is 432 g/mol. The summed E-state index contributed by atoms with van der Waals surface area (Å²) in [7, 11) is 0. The van der Waals surface area contributed by atoms with Crippen LogP contribution >= 0.6 is 11.8 Å². The maximum absolute atomic E-state index is 11.5. The number of carbonyl (C=O) groups excluding carboxylic acids is 1. The predicted octanol–water partition coefficient (Wildman–Crippen LogP) is 4.89. The molecule has 30 heavy (non-hydrogen) atoms. The lowest BCUT2D eigenvalue weighted by Gasteiger charge is -2.22. The summed E-state index contributed by atoms with van der Waals surface area (Å²) in [5.74, 6) is 6.13. The van der Waals surface area contributed by atoms with Gasteiger partial charge in [0.1, 0.15) is 0 Å². The molecule has 0 amide bonds. The molecule has 1 fully saturated rings. The maximum Gasteiger partial charge on any atom is 0.307 e. The lowest BCUT2D eigenvalue weighted by Crippen LogP contribution is -2.22. The monoisotopic (exact) mass is 431 g/mol. The Kier molecular flexibility index (Phi) is 12.3. The molecule has 0 saturated carbocycles. The van der Waals surface area contributed by atoms with Gasteiger partial charge in [-0.05, 0) is 58.1 Å². The first-order chi connectivity index (χ1) is 14.7. The number of aliphatic imine (C=N–C) groups is 1. The molecule has 1 saturated heterocycles. The van der Waals surface area contributed by atoms with E-state index < -0.39 is 0 Å². The van der Waals surface area contributed by atoms with E-state index in [1.165, 1.54) is 11.3 Å². The highest BCUT2D eigenvalue weighted by Crippen LogP contribution is 2.26. The van der Waals surface area contributed by atoms with Gasteiger partial charge in [0.15, 0.2) is 6.29 Å². The Morgan fingerprint density at radius 3 is 2.93 bits per heavy atom. The molecule has 164 valence electrons. The summed E-state index contributed by atoms with van der Waals surface area (Å²) in [5.41, 5.74) is 0. The topological polar surface area (TPSA) is 57.1 Å². The summed E-state index contributed by atoms with van der Waals surface area (Å²) >= 11 is 1.75. The van der Waals surface area contributed by atoms with E-state index in [2.05, 4.69) is 29.0 Å². The first kappa shape index (κ1) is 24.5. The fourth-order valence-corrected chi connectivity index (χ4v) is 4.01. The van der Waals surface area contributed by atoms with Gasteiger partial charge in [-0.1, -0.05) is 30.0 Å². The van der Waals surface area contributed by atoms with E-state index in [0.29, 0.717) is 13.2 Å². The Hall–Kier alpha value is -1.81. The Morgan fingerprint density at radius 1 is 1.37 bits per heavy atom. The molecule has 0 aliphatic carbocycles. The normalized spacial score (nSPS) is 18.4. The molecule has 1 aliphatic rings. The van der Waals surface area contributed by atoms with E-state index in [4.69, 9.17) is 14.2 Å². The third-order valence-electron chi connectivity index (χ3n) is 4.48. The molecular formula is C24H33NO4S. The number of benzene rings is 1. The second kappa shape index (κ2) is 15.1. The van der Waals surface area contributed by atoms with Crippen molar-refractivity contribution in [3.05, 3.63) is 30.3 Å². The van der Waals surface area contributed by atoms with Crippen LogP contribution in [-0.4, -0.2) is 49.6 Å². The summed E-state index contributed by atoms with van der Waals surface area (Å²) < 4.78 is 16.4. The molecule has 0 spiro atoms. The maximum atomic E-state index is 11.5. The van der Waals surface area contributed by atoms with Gasteiger partial charge in [0.25, 0.3) is 0 Å². The predicted molar refractivity (Wildman–Crippen MR) is 122 cm³/mol. The zero-order valence-electron chi connectivity index (χ0n) is 18.0. The van der Waals surface area contributed by atoms with Crippen molar-refractivity contribution >= 4 is 23.9 Å². The van der Waals surface area contributed by atoms with Crippen molar-refractivity contribution in [2.75, 3.05) is 19.8 Å². The number of hydrogen-bond acceptors (Lipinski definition) is 6. The second-order valence-electron chi connectivity index (χ2n) is 7.15. The molecule has 1 aliphatic heterocycles. The lowest BCUT2D eigenvalue weighted by atomic mass is 10.2. The fraction of sp³-hybridized carbons (Fsp3) is 0.583. The number of hydrogen-bond donors (Lipinski definition) is 0. The van der Waals surface area contributed by atoms with Crippen LogP contribution in [0.15, 0.2) is 40.2 Å². The van der Waals surface area contributed by atoms with E-state index in [9.17, 15) is 4.79 Å². The van der Waals surface area contributed by atoms with Crippen LogP contribution in [0.4, 0.5) is 0 Å². The fourth-order valence-electron chi connectivity index (χ4n) is 2.96. The zero-order valence-corrected chi connectivity index (χ0v) is 18.9. The van der Waals surface area contributed by atoms with Gasteiger partial charge in [0.05, 0.1) is 30.5 Å². The van der Waals surface area contributed by atoms with Crippen LogP contribution < -0.4 is 0 Å². The first-order valence-electron chi connectivity index (χ1n) is 10.8. The van der Waals surface area contributed by atoms with Gasteiger partial charge in [-0.2, -0.15) is 0 Å². The minimum atomic E-state index is -0.227. The molecule has 0 aromatic heterocycles. The molecule has 0 N–H and O–H groups in total. The molecule has 2 rings (SSSR count). The van der Waals surface area contributed by atoms with Crippen molar-refractivity contribution < 1.29 is 19.0 Å². The molecular weight excluding hydrogens is 398 g/mol. The average Bonchev–Trinajstić information content (AvgIpc) is 2.75. The summed E-state index contributed by atoms with van der Waals surface area (Å²) in [6.45, 7) is 5.56. The van der Waals surface area contributed by atoms with Crippen molar-refractivity contribution in [2.45, 2.75) is 74.8 Å². The van der Waals surface area contributed by atoms with Gasteiger partial charge < -0.3 is 14.2 Å². The molecule has 5 nitrogen and oxygen atoms in total. The SMILES string of the molecule is CCOC(=O)CC(C)N=CC#CC(CCCOC1CCCCO1)Sc1ccccc1. The quantitative estimate of drug-likeness (QED) is 0.164. The van der Waals surface area contributed by atoms with Gasteiger partial charge in [-0.3, -0.25) is 9.79 Å². The first-order valence-corrected chi connectivity index (χ1v) is 11.7. The number of nitrogens with zero attached hydrogens (tertiary/aromatic N) is 1. The van der Waals surface area contributed by atoms with Crippen molar-refractivity contribution in [1.29, 1.82) is 0 Å². The van der Waals surface area contributed by atoms with Crippen LogP contribution in [0.2, 0.25) is 0 Å². The molecule has 0 radical (unpaired) electrons. The van der Waals surface area contributed by atoms with Gasteiger partial charge in [0, 0.05) is 18.1 Å². The minimum Gasteiger partial charge on any atom is -0.466 e. The number of ether oxygens (including phenoxy) is 3. The number of thioether (sulfide) groups is 1. The molecule has 1 aromatic rings. The third-order valence-corrected chi connectivity index (χ3v) is 5.66. The molecule has 3 unspecified atom stereocenters. The Bertz CT molecular complexity index is 692.